The van der Waals surface area contributed by atoms with Gasteiger partial charge in [0.25, 0.3) is 0 Å². The molecule has 3 saturated carbocycles. The largest absolute Gasteiger partial charge is 0.450 e. The number of fused-ring (bicyclic) bond motifs is 5. The number of Topliss-reactive ketones (excluding diaryl/α,β-unsaturated/α-hetero) is 1. The topological polar surface area (TPSA) is 80.7 Å². The number of halogens is 2. The molecule has 0 aromatic heterocycles. The van der Waals surface area contributed by atoms with Gasteiger partial charge in [-0.2, -0.15) is 0 Å². The SMILES string of the molecule is CC(=O)O[C@]1(C(=O)CCl)[C@@H](C)CC2C3CCC4=CC(=O)C=CC4(C)[C@@]3(F)C(O)CC21C. The summed E-state index contributed by atoms with van der Waals surface area (Å²) in [7, 11) is 0. The molecule has 0 aromatic carbocycles. The van der Waals surface area contributed by atoms with Crippen molar-refractivity contribution in [2.75, 3.05) is 5.88 Å². The van der Waals surface area contributed by atoms with Crippen molar-refractivity contribution in [3.05, 3.63) is 23.8 Å². The minimum absolute atomic E-state index is 0.0322. The van der Waals surface area contributed by atoms with Gasteiger partial charge in [-0.15, -0.1) is 11.6 Å². The molecule has 4 aliphatic rings. The predicted molar refractivity (Wildman–Crippen MR) is 113 cm³/mol. The number of alkyl halides is 2. The fourth-order valence-electron chi connectivity index (χ4n) is 7.72. The zero-order chi connectivity index (χ0) is 23.0. The summed E-state index contributed by atoms with van der Waals surface area (Å²) in [4.78, 5) is 37.2. The van der Waals surface area contributed by atoms with E-state index in [4.69, 9.17) is 16.3 Å². The lowest BCUT2D eigenvalue weighted by Gasteiger charge is -2.62. The Bertz CT molecular complexity index is 914. The summed E-state index contributed by atoms with van der Waals surface area (Å²) in [6.45, 7) is 6.69. The summed E-state index contributed by atoms with van der Waals surface area (Å²) < 4.78 is 22.9. The van der Waals surface area contributed by atoms with Crippen molar-refractivity contribution in [2.24, 2.45) is 28.6 Å². The Morgan fingerprint density at radius 3 is 2.61 bits per heavy atom. The van der Waals surface area contributed by atoms with E-state index in [1.54, 1.807) is 13.0 Å². The second-order valence-electron chi connectivity index (χ2n) is 10.3. The predicted octanol–water partition coefficient (Wildman–Crippen LogP) is 3.71. The summed E-state index contributed by atoms with van der Waals surface area (Å²) in [5, 5.41) is 11.3. The number of aliphatic hydroxyl groups excluding tert-OH is 1. The Hall–Kier alpha value is -1.53. The second kappa shape index (κ2) is 6.98. The molecule has 0 saturated heterocycles. The number of hydrogen-bond acceptors (Lipinski definition) is 5. The number of allylic oxidation sites excluding steroid dienone is 4. The molecule has 3 fully saturated rings. The van der Waals surface area contributed by atoms with Gasteiger partial charge in [0.05, 0.1) is 12.0 Å². The number of ether oxygens (including phenoxy) is 1. The van der Waals surface area contributed by atoms with E-state index in [1.165, 1.54) is 19.1 Å². The summed E-state index contributed by atoms with van der Waals surface area (Å²) in [5.41, 5.74) is -4.83. The fourth-order valence-corrected chi connectivity index (χ4v) is 7.92. The van der Waals surface area contributed by atoms with Gasteiger partial charge in [0.15, 0.2) is 22.8 Å². The number of esters is 1. The van der Waals surface area contributed by atoms with Crippen LogP contribution >= 0.6 is 11.6 Å². The number of hydrogen-bond donors (Lipinski definition) is 1. The number of carbonyl (C=O) groups is 3. The molecule has 4 rings (SSSR count). The first-order valence-corrected chi connectivity index (χ1v) is 11.5. The molecule has 8 atom stereocenters. The Morgan fingerprint density at radius 1 is 1.32 bits per heavy atom. The lowest BCUT2D eigenvalue weighted by atomic mass is 9.44. The van der Waals surface area contributed by atoms with Gasteiger partial charge < -0.3 is 9.84 Å². The van der Waals surface area contributed by atoms with Crippen LogP contribution < -0.4 is 0 Å². The van der Waals surface area contributed by atoms with Gasteiger partial charge in [-0.05, 0) is 50.7 Å². The number of aliphatic hydroxyl groups is 1. The highest BCUT2D eigenvalue weighted by Crippen LogP contribution is 2.71. The molecule has 5 unspecified atom stereocenters. The molecule has 1 N–H and O–H groups in total. The van der Waals surface area contributed by atoms with Crippen LogP contribution in [0.4, 0.5) is 4.39 Å². The first-order chi connectivity index (χ1) is 14.4. The third-order valence-electron chi connectivity index (χ3n) is 9.02. The van der Waals surface area contributed by atoms with E-state index in [0.717, 1.165) is 0 Å². The normalized spacial score (nSPS) is 48.4. The van der Waals surface area contributed by atoms with Crippen LogP contribution in [0, 0.1) is 28.6 Å². The lowest BCUT2D eigenvalue weighted by Crippen LogP contribution is -2.70. The number of carbonyl (C=O) groups excluding carboxylic acids is 3. The average molecular weight is 453 g/mol. The first-order valence-electron chi connectivity index (χ1n) is 11.0. The van der Waals surface area contributed by atoms with Gasteiger partial charge >= 0.3 is 5.97 Å². The Labute approximate surface area is 187 Å². The van der Waals surface area contributed by atoms with Gasteiger partial charge in [-0.25, -0.2) is 4.39 Å². The molecule has 31 heavy (non-hydrogen) atoms. The molecule has 7 heteroatoms. The van der Waals surface area contributed by atoms with Gasteiger partial charge in [0.2, 0.25) is 0 Å². The van der Waals surface area contributed by atoms with Crippen LogP contribution in [0.1, 0.15) is 53.4 Å². The Balaban J connectivity index is 1.86. The molecule has 0 aromatic rings. The minimum atomic E-state index is -1.99. The van der Waals surface area contributed by atoms with Crippen LogP contribution in [0.3, 0.4) is 0 Å². The molecular weight excluding hydrogens is 423 g/mol. The molecule has 0 amide bonds. The molecule has 0 aliphatic heterocycles. The third kappa shape index (κ3) is 2.61. The molecule has 5 nitrogen and oxygen atoms in total. The maximum atomic E-state index is 17.1. The van der Waals surface area contributed by atoms with Gasteiger partial charge in [-0.3, -0.25) is 14.4 Å². The average Bonchev–Trinajstić information content (AvgIpc) is 2.90. The van der Waals surface area contributed by atoms with Crippen molar-refractivity contribution in [1.82, 2.24) is 0 Å². The molecule has 170 valence electrons. The quantitative estimate of drug-likeness (QED) is 0.521. The first kappa shape index (κ1) is 22.7. The smallest absolute Gasteiger partial charge is 0.303 e. The third-order valence-corrected chi connectivity index (χ3v) is 9.26. The highest BCUT2D eigenvalue weighted by atomic mass is 35.5. The van der Waals surface area contributed by atoms with E-state index in [2.05, 4.69) is 0 Å². The van der Waals surface area contributed by atoms with Crippen molar-refractivity contribution in [2.45, 2.75) is 70.8 Å². The molecule has 0 radical (unpaired) electrons. The van der Waals surface area contributed by atoms with Crippen LogP contribution in [-0.4, -0.2) is 45.9 Å². The van der Waals surface area contributed by atoms with Gasteiger partial charge in [-0.1, -0.05) is 25.5 Å². The van der Waals surface area contributed by atoms with Crippen LogP contribution in [0.5, 0.6) is 0 Å². The standard InChI is InChI=1S/C24H30ClFO5/c1-13-9-18-17-6-5-15-10-16(28)7-8-21(15,3)23(17,26)19(29)11-22(18,4)24(13,20(30)12-25)31-14(2)27/h7-8,10,13,17-19,29H,5-6,9,11-12H2,1-4H3/t13-,17?,18?,19?,21?,22?,23-,24-/m0/s1. The van der Waals surface area contributed by atoms with E-state index in [0.29, 0.717) is 24.8 Å². The van der Waals surface area contributed by atoms with Crippen LogP contribution in [0.25, 0.3) is 0 Å². The molecule has 0 bridgehead atoms. The van der Waals surface area contributed by atoms with E-state index < -0.39 is 45.9 Å². The van der Waals surface area contributed by atoms with Crippen molar-refractivity contribution in [3.8, 4) is 0 Å². The maximum Gasteiger partial charge on any atom is 0.303 e. The van der Waals surface area contributed by atoms with Crippen molar-refractivity contribution >= 4 is 29.1 Å². The maximum absolute atomic E-state index is 17.1. The Kier molecular flexibility index (Phi) is 5.10. The Morgan fingerprint density at radius 2 is 2.00 bits per heavy atom. The zero-order valence-electron chi connectivity index (χ0n) is 18.4. The van der Waals surface area contributed by atoms with Crippen molar-refractivity contribution in [1.29, 1.82) is 0 Å². The number of ketones is 2. The van der Waals surface area contributed by atoms with Crippen molar-refractivity contribution < 1.29 is 28.6 Å². The lowest BCUT2D eigenvalue weighted by molar-refractivity contribution is -0.226. The highest BCUT2D eigenvalue weighted by molar-refractivity contribution is 6.29. The molecular formula is C24H30ClFO5. The highest BCUT2D eigenvalue weighted by Gasteiger charge is 2.77. The minimum Gasteiger partial charge on any atom is -0.450 e. The molecule has 4 aliphatic carbocycles. The van der Waals surface area contributed by atoms with E-state index in [1.807, 2.05) is 13.8 Å². The van der Waals surface area contributed by atoms with Gasteiger partial charge in [0.1, 0.15) is 0 Å². The summed E-state index contributed by atoms with van der Waals surface area (Å²) in [6.07, 6.45) is 4.54. The van der Waals surface area contributed by atoms with Crippen LogP contribution in [0.15, 0.2) is 23.8 Å². The molecule has 0 heterocycles. The van der Waals surface area contributed by atoms with Crippen molar-refractivity contribution in [3.63, 3.8) is 0 Å². The van der Waals surface area contributed by atoms with Crippen LogP contribution in [-0.2, 0) is 19.1 Å². The van der Waals surface area contributed by atoms with E-state index in [9.17, 15) is 19.5 Å². The van der Waals surface area contributed by atoms with Gasteiger partial charge in [0, 0.05) is 29.6 Å². The van der Waals surface area contributed by atoms with Crippen LogP contribution in [0.2, 0.25) is 0 Å². The number of rotatable bonds is 3. The molecule has 0 spiro atoms. The monoisotopic (exact) mass is 452 g/mol. The summed E-state index contributed by atoms with van der Waals surface area (Å²) in [5.74, 6) is -2.67. The zero-order valence-corrected chi connectivity index (χ0v) is 19.2. The summed E-state index contributed by atoms with van der Waals surface area (Å²) in [6, 6.07) is 0. The van der Waals surface area contributed by atoms with E-state index >= 15 is 4.39 Å². The fraction of sp³-hybridized carbons (Fsp3) is 0.708. The van der Waals surface area contributed by atoms with E-state index in [-0.39, 0.29) is 29.9 Å². The summed E-state index contributed by atoms with van der Waals surface area (Å²) >= 11 is 5.97. The second-order valence-corrected chi connectivity index (χ2v) is 10.6.